The van der Waals surface area contributed by atoms with E-state index < -0.39 is 0 Å². The minimum Gasteiger partial charge on any atom is -0.467 e. The third-order valence-corrected chi connectivity index (χ3v) is 4.04. The highest BCUT2D eigenvalue weighted by molar-refractivity contribution is 5.53. The van der Waals surface area contributed by atoms with Crippen molar-refractivity contribution in [3.05, 3.63) is 23.3 Å². The van der Waals surface area contributed by atoms with Crippen molar-refractivity contribution in [1.82, 2.24) is 4.90 Å². The Morgan fingerprint density at radius 1 is 1.35 bits per heavy atom. The van der Waals surface area contributed by atoms with Crippen molar-refractivity contribution < 1.29 is 9.47 Å². The van der Waals surface area contributed by atoms with Crippen molar-refractivity contribution in [1.29, 1.82) is 0 Å². The molecule has 1 aliphatic heterocycles. The van der Waals surface area contributed by atoms with Gasteiger partial charge in [-0.25, -0.2) is 0 Å². The van der Waals surface area contributed by atoms with Crippen molar-refractivity contribution in [2.45, 2.75) is 51.8 Å². The van der Waals surface area contributed by atoms with E-state index in [0.717, 1.165) is 29.6 Å². The molecule has 0 bridgehead atoms. The number of anilines is 1. The molecule has 20 heavy (non-hydrogen) atoms. The Morgan fingerprint density at radius 2 is 2.20 bits per heavy atom. The summed E-state index contributed by atoms with van der Waals surface area (Å²) < 4.78 is 11.1. The fourth-order valence-corrected chi connectivity index (χ4v) is 2.85. The number of ether oxygens (including phenoxy) is 2. The number of hydrogen-bond acceptors (Lipinski definition) is 4. The van der Waals surface area contributed by atoms with Crippen LogP contribution in [-0.2, 0) is 17.9 Å². The lowest BCUT2D eigenvalue weighted by molar-refractivity contribution is -0.0174. The predicted octanol–water partition coefficient (Wildman–Crippen LogP) is 2.90. The molecule has 1 aliphatic carbocycles. The van der Waals surface area contributed by atoms with Crippen LogP contribution in [0, 0.1) is 0 Å². The van der Waals surface area contributed by atoms with E-state index in [-0.39, 0.29) is 0 Å². The molecule has 110 valence electrons. The van der Waals surface area contributed by atoms with Gasteiger partial charge in [0.05, 0.1) is 6.61 Å². The molecule has 1 aromatic rings. The zero-order chi connectivity index (χ0) is 13.9. The maximum Gasteiger partial charge on any atom is 0.189 e. The Bertz CT molecular complexity index is 472. The smallest absolute Gasteiger partial charge is 0.189 e. The average molecular weight is 276 g/mol. The first-order valence-electron chi connectivity index (χ1n) is 7.63. The van der Waals surface area contributed by atoms with Crippen LogP contribution in [0.15, 0.2) is 12.1 Å². The fourth-order valence-electron chi connectivity index (χ4n) is 2.85. The Morgan fingerprint density at radius 3 is 2.95 bits per heavy atom. The number of nitrogens with two attached hydrogens (primary N) is 1. The molecule has 0 radical (unpaired) electrons. The van der Waals surface area contributed by atoms with Gasteiger partial charge in [-0.2, -0.15) is 0 Å². The molecule has 0 atom stereocenters. The van der Waals surface area contributed by atoms with E-state index in [1.54, 1.807) is 0 Å². The van der Waals surface area contributed by atoms with E-state index in [1.165, 1.54) is 37.8 Å². The molecule has 1 fully saturated rings. The molecule has 0 spiro atoms. The molecular formula is C16H24N2O2. The number of nitrogen functional groups attached to an aromatic ring is 1. The molecule has 0 unspecified atom stereocenters. The van der Waals surface area contributed by atoms with Crippen LogP contribution in [0.2, 0.25) is 0 Å². The highest BCUT2D eigenvalue weighted by Crippen LogP contribution is 2.34. The van der Waals surface area contributed by atoms with Gasteiger partial charge in [0.1, 0.15) is 5.75 Å². The summed E-state index contributed by atoms with van der Waals surface area (Å²) in [5.41, 5.74) is 9.12. The number of benzene rings is 1. The summed E-state index contributed by atoms with van der Waals surface area (Å²) in [5, 5.41) is 0. The maximum atomic E-state index is 6.02. The number of rotatable bonds is 6. The summed E-state index contributed by atoms with van der Waals surface area (Å²) in [5.74, 6) is 0.993. The van der Waals surface area contributed by atoms with Gasteiger partial charge in [-0.1, -0.05) is 13.3 Å². The number of fused-ring (bicyclic) bond motifs is 1. The summed E-state index contributed by atoms with van der Waals surface area (Å²) in [4.78, 5) is 2.58. The largest absolute Gasteiger partial charge is 0.467 e. The van der Waals surface area contributed by atoms with Crippen LogP contribution in [-0.4, -0.2) is 24.3 Å². The first-order chi connectivity index (χ1) is 9.78. The third-order valence-electron chi connectivity index (χ3n) is 4.04. The highest BCUT2D eigenvalue weighted by atomic mass is 16.7. The number of unbranched alkanes of at least 4 members (excludes halogenated alkanes) is 1. The van der Waals surface area contributed by atoms with E-state index in [9.17, 15) is 0 Å². The Balaban J connectivity index is 1.79. The van der Waals surface area contributed by atoms with Crippen molar-refractivity contribution in [3.63, 3.8) is 0 Å². The molecule has 0 amide bonds. The second-order valence-corrected chi connectivity index (χ2v) is 5.83. The molecule has 4 heteroatoms. The molecule has 2 aliphatic rings. The van der Waals surface area contributed by atoms with E-state index in [0.29, 0.717) is 13.4 Å². The zero-order valence-electron chi connectivity index (χ0n) is 12.2. The second-order valence-electron chi connectivity index (χ2n) is 5.83. The predicted molar refractivity (Wildman–Crippen MR) is 79.5 cm³/mol. The molecule has 1 saturated carbocycles. The van der Waals surface area contributed by atoms with Gasteiger partial charge in [0.25, 0.3) is 0 Å². The summed E-state index contributed by atoms with van der Waals surface area (Å²) in [6, 6.07) is 4.79. The van der Waals surface area contributed by atoms with Crippen LogP contribution in [0.5, 0.6) is 5.75 Å². The molecule has 4 nitrogen and oxygen atoms in total. The van der Waals surface area contributed by atoms with Crippen molar-refractivity contribution in [2.24, 2.45) is 0 Å². The minimum absolute atomic E-state index is 0.350. The quantitative estimate of drug-likeness (QED) is 0.812. The highest BCUT2D eigenvalue weighted by Gasteiger charge is 2.29. The normalized spacial score (nSPS) is 17.9. The monoisotopic (exact) mass is 276 g/mol. The van der Waals surface area contributed by atoms with Crippen LogP contribution >= 0.6 is 0 Å². The van der Waals surface area contributed by atoms with Gasteiger partial charge in [-0.15, -0.1) is 0 Å². The van der Waals surface area contributed by atoms with Crippen molar-refractivity contribution in [3.8, 4) is 5.75 Å². The lowest BCUT2D eigenvalue weighted by atomic mass is 10.1. The van der Waals surface area contributed by atoms with Gasteiger partial charge in [0.2, 0.25) is 0 Å². The van der Waals surface area contributed by atoms with E-state index >= 15 is 0 Å². The lowest BCUT2D eigenvalue weighted by Gasteiger charge is -2.26. The van der Waals surface area contributed by atoms with Crippen molar-refractivity contribution >= 4 is 5.69 Å². The van der Waals surface area contributed by atoms with Crippen LogP contribution in [0.4, 0.5) is 5.69 Å². The van der Waals surface area contributed by atoms with Crippen LogP contribution in [0.25, 0.3) is 0 Å². The summed E-state index contributed by atoms with van der Waals surface area (Å²) >= 11 is 0. The molecule has 1 heterocycles. The average Bonchev–Trinajstić information content (AvgIpc) is 3.27. The minimum atomic E-state index is 0.350. The molecule has 3 rings (SSSR count). The molecular weight excluding hydrogens is 252 g/mol. The topological polar surface area (TPSA) is 47.7 Å². The summed E-state index contributed by atoms with van der Waals surface area (Å²) in [6.45, 7) is 5.31. The van der Waals surface area contributed by atoms with Gasteiger partial charge >= 0.3 is 0 Å². The SMILES string of the molecule is CCCCN(Cc1cc(N)cc2c1OCOC2)C1CC1. The fraction of sp³-hybridized carbons (Fsp3) is 0.625. The molecule has 0 aromatic heterocycles. The zero-order valence-corrected chi connectivity index (χ0v) is 12.2. The van der Waals surface area contributed by atoms with Gasteiger partial charge in [0.15, 0.2) is 6.79 Å². The Labute approximate surface area is 120 Å². The van der Waals surface area contributed by atoms with Gasteiger partial charge in [0, 0.05) is 29.4 Å². The molecule has 2 N–H and O–H groups in total. The standard InChI is InChI=1S/C16H24N2O2/c1-2-3-6-18(15-4-5-15)9-12-7-14(17)8-13-10-19-11-20-16(12)13/h7-8,15H,2-6,9-11,17H2,1H3. The van der Waals surface area contributed by atoms with Crippen LogP contribution in [0.1, 0.15) is 43.7 Å². The lowest BCUT2D eigenvalue weighted by Crippen LogP contribution is -2.27. The van der Waals surface area contributed by atoms with Gasteiger partial charge in [-0.3, -0.25) is 4.90 Å². The maximum absolute atomic E-state index is 6.02. The first-order valence-corrected chi connectivity index (χ1v) is 7.63. The van der Waals surface area contributed by atoms with Crippen LogP contribution < -0.4 is 10.5 Å². The first kappa shape index (κ1) is 13.7. The van der Waals surface area contributed by atoms with E-state index in [4.69, 9.17) is 15.2 Å². The van der Waals surface area contributed by atoms with E-state index in [2.05, 4.69) is 17.9 Å². The van der Waals surface area contributed by atoms with Gasteiger partial charge < -0.3 is 15.2 Å². The van der Waals surface area contributed by atoms with Crippen LogP contribution in [0.3, 0.4) is 0 Å². The Kier molecular flexibility index (Phi) is 4.13. The molecule has 1 aromatic carbocycles. The van der Waals surface area contributed by atoms with Crippen molar-refractivity contribution in [2.75, 3.05) is 19.1 Å². The van der Waals surface area contributed by atoms with E-state index in [1.807, 2.05) is 6.07 Å². The summed E-state index contributed by atoms with van der Waals surface area (Å²) in [7, 11) is 0. The summed E-state index contributed by atoms with van der Waals surface area (Å²) in [6.07, 6.45) is 5.16. The molecule has 0 saturated heterocycles. The van der Waals surface area contributed by atoms with Gasteiger partial charge in [-0.05, 0) is 37.9 Å². The second kappa shape index (κ2) is 6.02. The Hall–Kier alpha value is -1.26. The third kappa shape index (κ3) is 3.07. The number of hydrogen-bond donors (Lipinski definition) is 1. The number of nitrogens with zero attached hydrogens (tertiary/aromatic N) is 1.